The average molecular weight is 390 g/mol. The van der Waals surface area contributed by atoms with E-state index < -0.39 is 41.6 Å². The zero-order valence-electron chi connectivity index (χ0n) is 15.6. The molecule has 28 heavy (non-hydrogen) atoms. The third kappa shape index (κ3) is 5.60. The standard InChI is InChI=1S/C20H20F2N2O4/c1-11-5-4-6-14(9-11)19(26)23-12(2)20(27)28-13(3)18(25)24-17-10-15(21)7-8-16(17)22/h4-10,12-13H,1-3H3,(H,23,26)(H,24,25)/t12-,13-/m0/s1. The van der Waals surface area contributed by atoms with Gasteiger partial charge in [-0.15, -0.1) is 0 Å². The summed E-state index contributed by atoms with van der Waals surface area (Å²) in [6.45, 7) is 4.52. The molecule has 2 aromatic carbocycles. The molecule has 2 N–H and O–H groups in total. The highest BCUT2D eigenvalue weighted by Gasteiger charge is 2.24. The van der Waals surface area contributed by atoms with Crippen LogP contribution in [0.3, 0.4) is 0 Å². The number of hydrogen-bond acceptors (Lipinski definition) is 4. The number of nitrogens with one attached hydrogen (secondary N) is 2. The van der Waals surface area contributed by atoms with Crippen molar-refractivity contribution in [3.05, 3.63) is 65.2 Å². The molecule has 0 bridgehead atoms. The molecule has 0 spiro atoms. The number of rotatable bonds is 6. The van der Waals surface area contributed by atoms with E-state index >= 15 is 0 Å². The topological polar surface area (TPSA) is 84.5 Å². The maximum atomic E-state index is 13.6. The Morgan fingerprint density at radius 2 is 1.75 bits per heavy atom. The van der Waals surface area contributed by atoms with Gasteiger partial charge in [0.25, 0.3) is 11.8 Å². The van der Waals surface area contributed by atoms with Gasteiger partial charge in [-0.25, -0.2) is 13.6 Å². The van der Waals surface area contributed by atoms with E-state index in [0.717, 1.165) is 23.8 Å². The van der Waals surface area contributed by atoms with Crippen molar-refractivity contribution in [2.45, 2.75) is 32.9 Å². The molecule has 0 saturated carbocycles. The minimum atomic E-state index is -1.28. The van der Waals surface area contributed by atoms with Crippen molar-refractivity contribution in [1.29, 1.82) is 0 Å². The summed E-state index contributed by atoms with van der Waals surface area (Å²) in [6, 6.07) is 8.38. The molecule has 2 aromatic rings. The summed E-state index contributed by atoms with van der Waals surface area (Å²) in [5, 5.41) is 4.63. The molecule has 2 amide bonds. The van der Waals surface area contributed by atoms with Crippen molar-refractivity contribution in [3.8, 4) is 0 Å². The Bertz CT molecular complexity index is 902. The Labute approximate surface area is 160 Å². The van der Waals surface area contributed by atoms with Crippen molar-refractivity contribution in [3.63, 3.8) is 0 Å². The predicted octanol–water partition coefficient (Wildman–Crippen LogP) is 2.96. The third-order valence-electron chi connectivity index (χ3n) is 3.83. The molecule has 0 heterocycles. The Morgan fingerprint density at radius 1 is 1.04 bits per heavy atom. The fourth-order valence-electron chi connectivity index (χ4n) is 2.28. The summed E-state index contributed by atoms with van der Waals surface area (Å²) in [4.78, 5) is 36.3. The normalized spacial score (nSPS) is 12.6. The van der Waals surface area contributed by atoms with Crippen molar-refractivity contribution in [1.82, 2.24) is 5.32 Å². The van der Waals surface area contributed by atoms with Crippen molar-refractivity contribution < 1.29 is 27.9 Å². The van der Waals surface area contributed by atoms with Crippen LogP contribution in [0.1, 0.15) is 29.8 Å². The fraction of sp³-hybridized carbons (Fsp3) is 0.250. The van der Waals surface area contributed by atoms with Crippen LogP contribution in [0.5, 0.6) is 0 Å². The summed E-state index contributed by atoms with van der Waals surface area (Å²) in [7, 11) is 0. The highest BCUT2D eigenvalue weighted by molar-refractivity contribution is 5.98. The molecule has 2 rings (SSSR count). The SMILES string of the molecule is Cc1cccc(C(=O)N[C@@H](C)C(=O)O[C@@H](C)C(=O)Nc2cc(F)ccc2F)c1. The zero-order valence-corrected chi connectivity index (χ0v) is 15.6. The minimum Gasteiger partial charge on any atom is -0.451 e. The number of anilines is 1. The molecule has 0 aliphatic carbocycles. The van der Waals surface area contributed by atoms with E-state index in [2.05, 4.69) is 10.6 Å². The number of amides is 2. The van der Waals surface area contributed by atoms with E-state index in [0.29, 0.717) is 5.56 Å². The minimum absolute atomic E-state index is 0.367. The molecular formula is C20H20F2N2O4. The summed E-state index contributed by atoms with van der Waals surface area (Å²) in [5.41, 5.74) is 0.901. The summed E-state index contributed by atoms with van der Waals surface area (Å²) >= 11 is 0. The van der Waals surface area contributed by atoms with Gasteiger partial charge in [-0.1, -0.05) is 17.7 Å². The van der Waals surface area contributed by atoms with Crippen molar-refractivity contribution >= 4 is 23.5 Å². The van der Waals surface area contributed by atoms with Crippen molar-refractivity contribution in [2.75, 3.05) is 5.32 Å². The van der Waals surface area contributed by atoms with E-state index in [1.54, 1.807) is 18.2 Å². The van der Waals surface area contributed by atoms with Gasteiger partial charge in [-0.3, -0.25) is 9.59 Å². The monoisotopic (exact) mass is 390 g/mol. The molecule has 2 atom stereocenters. The predicted molar refractivity (Wildman–Crippen MR) is 98.6 cm³/mol. The van der Waals surface area contributed by atoms with Gasteiger partial charge >= 0.3 is 5.97 Å². The number of carbonyl (C=O) groups excluding carboxylic acids is 3. The molecule has 0 fully saturated rings. The van der Waals surface area contributed by atoms with Crippen LogP contribution in [0.25, 0.3) is 0 Å². The molecule has 6 nitrogen and oxygen atoms in total. The largest absolute Gasteiger partial charge is 0.451 e. The number of aryl methyl sites for hydroxylation is 1. The van der Waals surface area contributed by atoms with Gasteiger partial charge in [0, 0.05) is 11.6 Å². The van der Waals surface area contributed by atoms with Gasteiger partial charge in [-0.2, -0.15) is 0 Å². The number of hydrogen-bond donors (Lipinski definition) is 2. The van der Waals surface area contributed by atoms with Crippen LogP contribution in [-0.2, 0) is 14.3 Å². The van der Waals surface area contributed by atoms with E-state index in [-0.39, 0.29) is 5.69 Å². The van der Waals surface area contributed by atoms with Crippen LogP contribution in [0, 0.1) is 18.6 Å². The molecule has 0 saturated heterocycles. The number of esters is 1. The maximum Gasteiger partial charge on any atom is 0.329 e. The summed E-state index contributed by atoms with van der Waals surface area (Å²) in [6.07, 6.45) is -1.28. The zero-order chi connectivity index (χ0) is 20.8. The van der Waals surface area contributed by atoms with Gasteiger partial charge in [0.1, 0.15) is 17.7 Å². The first-order valence-corrected chi connectivity index (χ1v) is 8.51. The lowest BCUT2D eigenvalue weighted by molar-refractivity contribution is -0.154. The second-order valence-corrected chi connectivity index (χ2v) is 6.26. The van der Waals surface area contributed by atoms with Gasteiger partial charge in [0.2, 0.25) is 0 Å². The summed E-state index contributed by atoms with van der Waals surface area (Å²) in [5.74, 6) is -3.70. The molecule has 148 valence electrons. The van der Waals surface area contributed by atoms with Gasteiger partial charge in [0.05, 0.1) is 5.69 Å². The second-order valence-electron chi connectivity index (χ2n) is 6.26. The molecule has 0 unspecified atom stereocenters. The Kier molecular flexibility index (Phi) is 6.81. The van der Waals surface area contributed by atoms with Crippen LogP contribution in [0.15, 0.2) is 42.5 Å². The molecular weight excluding hydrogens is 370 g/mol. The number of ether oxygens (including phenoxy) is 1. The molecule has 0 aliphatic rings. The van der Waals surface area contributed by atoms with Gasteiger partial charge < -0.3 is 15.4 Å². The maximum absolute atomic E-state index is 13.6. The Balaban J connectivity index is 1.92. The van der Waals surface area contributed by atoms with Crippen LogP contribution in [0.2, 0.25) is 0 Å². The average Bonchev–Trinajstić information content (AvgIpc) is 2.64. The van der Waals surface area contributed by atoms with Crippen molar-refractivity contribution in [2.24, 2.45) is 0 Å². The smallest absolute Gasteiger partial charge is 0.329 e. The Hall–Kier alpha value is -3.29. The van der Waals surface area contributed by atoms with Gasteiger partial charge in [0.15, 0.2) is 6.10 Å². The lowest BCUT2D eigenvalue weighted by Gasteiger charge is -2.18. The highest BCUT2D eigenvalue weighted by Crippen LogP contribution is 2.16. The van der Waals surface area contributed by atoms with Crippen LogP contribution in [-0.4, -0.2) is 29.9 Å². The van der Waals surface area contributed by atoms with Gasteiger partial charge in [-0.05, 0) is 45.0 Å². The first-order valence-electron chi connectivity index (χ1n) is 8.51. The van der Waals surface area contributed by atoms with E-state index in [1.807, 2.05) is 13.0 Å². The second kappa shape index (κ2) is 9.07. The first-order chi connectivity index (χ1) is 13.2. The highest BCUT2D eigenvalue weighted by atomic mass is 19.1. The fourth-order valence-corrected chi connectivity index (χ4v) is 2.28. The van der Waals surface area contributed by atoms with Crippen LogP contribution >= 0.6 is 0 Å². The molecule has 8 heteroatoms. The van der Waals surface area contributed by atoms with Crippen LogP contribution in [0.4, 0.5) is 14.5 Å². The Morgan fingerprint density at radius 3 is 2.43 bits per heavy atom. The molecule has 0 radical (unpaired) electrons. The van der Waals surface area contributed by atoms with E-state index in [1.165, 1.54) is 13.8 Å². The first kappa shape index (κ1) is 21.0. The lowest BCUT2D eigenvalue weighted by atomic mass is 10.1. The van der Waals surface area contributed by atoms with E-state index in [4.69, 9.17) is 4.74 Å². The third-order valence-corrected chi connectivity index (χ3v) is 3.83. The van der Waals surface area contributed by atoms with Crippen LogP contribution < -0.4 is 10.6 Å². The summed E-state index contributed by atoms with van der Waals surface area (Å²) < 4.78 is 31.7. The number of halogens is 2. The quantitative estimate of drug-likeness (QED) is 0.743. The number of benzene rings is 2. The molecule has 0 aromatic heterocycles. The van der Waals surface area contributed by atoms with E-state index in [9.17, 15) is 23.2 Å². The molecule has 0 aliphatic heterocycles. The lowest BCUT2D eigenvalue weighted by Crippen LogP contribution is -2.42. The number of carbonyl (C=O) groups is 3.